The molecule has 0 aliphatic carbocycles. The Balaban J connectivity index is 1.31. The van der Waals surface area contributed by atoms with Crippen molar-refractivity contribution >= 4 is 0 Å². The zero-order valence-electron chi connectivity index (χ0n) is 15.5. The van der Waals surface area contributed by atoms with Crippen molar-refractivity contribution in [2.75, 3.05) is 0 Å². The third-order valence-electron chi connectivity index (χ3n) is 5.46. The van der Waals surface area contributed by atoms with Crippen LogP contribution in [0.25, 0.3) is 17.2 Å². The molecule has 4 atom stereocenters. The lowest BCUT2D eigenvalue weighted by atomic mass is 9.84. The fourth-order valence-corrected chi connectivity index (χ4v) is 4.01. The molecule has 2 aliphatic heterocycles. The minimum Gasteiger partial charge on any atom is -0.507 e. The van der Waals surface area contributed by atoms with Gasteiger partial charge in [0, 0.05) is 43.2 Å². The fraction of sp³-hybridized carbons (Fsp3) is 0.421. The average Bonchev–Trinajstić information content (AvgIpc) is 3.28. The first-order valence-electron chi connectivity index (χ1n) is 9.61. The third-order valence-corrected chi connectivity index (χ3v) is 5.46. The van der Waals surface area contributed by atoms with Crippen LogP contribution in [0.3, 0.4) is 0 Å². The summed E-state index contributed by atoms with van der Waals surface area (Å²) in [5, 5.41) is 21.7. The monoisotopic (exact) mass is 397 g/mol. The second-order valence-electron chi connectivity index (χ2n) is 7.39. The maximum atomic E-state index is 14.7. The van der Waals surface area contributed by atoms with Crippen molar-refractivity contribution in [1.82, 2.24) is 35.0 Å². The van der Waals surface area contributed by atoms with E-state index in [0.29, 0.717) is 17.8 Å². The number of nitrogens with one attached hydrogen (secondary N) is 1. The van der Waals surface area contributed by atoms with E-state index < -0.39 is 12.3 Å². The number of rotatable bonds is 4. The SMILES string of the molecule is Oc1cc(-n2ccnc2)ncc1-c1ncc(O[C@@H]2CC3CCCC(N3)[C@H]2F)nn1. The lowest BCUT2D eigenvalue weighted by Crippen LogP contribution is -2.59. The van der Waals surface area contributed by atoms with Crippen LogP contribution < -0.4 is 10.1 Å². The first-order valence-corrected chi connectivity index (χ1v) is 9.61. The fourth-order valence-electron chi connectivity index (χ4n) is 4.01. The summed E-state index contributed by atoms with van der Waals surface area (Å²) in [4.78, 5) is 12.4. The highest BCUT2D eigenvalue weighted by atomic mass is 19.1. The summed E-state index contributed by atoms with van der Waals surface area (Å²) in [7, 11) is 0. The molecule has 5 rings (SSSR count). The van der Waals surface area contributed by atoms with Crippen molar-refractivity contribution in [2.24, 2.45) is 0 Å². The predicted molar refractivity (Wildman–Crippen MR) is 100 cm³/mol. The second kappa shape index (κ2) is 7.36. The summed E-state index contributed by atoms with van der Waals surface area (Å²) in [6.45, 7) is 0. The number of alkyl halides is 1. The smallest absolute Gasteiger partial charge is 0.252 e. The molecule has 0 aromatic carbocycles. The largest absolute Gasteiger partial charge is 0.507 e. The Kier molecular flexibility index (Phi) is 4.55. The van der Waals surface area contributed by atoms with Crippen LogP contribution in [-0.4, -0.2) is 59.2 Å². The van der Waals surface area contributed by atoms with E-state index in [9.17, 15) is 9.50 Å². The number of pyridine rings is 1. The molecule has 0 amide bonds. The molecule has 2 aliphatic rings. The van der Waals surface area contributed by atoms with Gasteiger partial charge in [-0.05, 0) is 12.8 Å². The van der Waals surface area contributed by atoms with Gasteiger partial charge >= 0.3 is 0 Å². The number of aromatic hydroxyl groups is 1. The Morgan fingerprint density at radius 1 is 1.21 bits per heavy atom. The predicted octanol–water partition coefficient (Wildman–Crippen LogP) is 1.82. The van der Waals surface area contributed by atoms with Gasteiger partial charge in [0.25, 0.3) is 5.88 Å². The molecule has 10 heteroatoms. The Morgan fingerprint density at radius 3 is 2.90 bits per heavy atom. The molecule has 150 valence electrons. The molecule has 0 radical (unpaired) electrons. The molecular formula is C19H20FN7O2. The van der Waals surface area contributed by atoms with E-state index in [2.05, 4.69) is 30.5 Å². The normalized spacial score (nSPS) is 26.2. The van der Waals surface area contributed by atoms with E-state index in [4.69, 9.17) is 4.74 Å². The van der Waals surface area contributed by atoms with Crippen molar-refractivity contribution in [3.05, 3.63) is 37.2 Å². The van der Waals surface area contributed by atoms with Gasteiger partial charge in [-0.15, -0.1) is 10.2 Å². The highest BCUT2D eigenvalue weighted by Gasteiger charge is 2.41. The molecule has 2 unspecified atom stereocenters. The summed E-state index contributed by atoms with van der Waals surface area (Å²) < 4.78 is 22.1. The minimum atomic E-state index is -1.09. The van der Waals surface area contributed by atoms with Gasteiger partial charge in [0.2, 0.25) is 0 Å². The van der Waals surface area contributed by atoms with Crippen molar-refractivity contribution in [3.8, 4) is 28.8 Å². The van der Waals surface area contributed by atoms with Gasteiger partial charge in [-0.25, -0.2) is 19.3 Å². The number of halogens is 1. The van der Waals surface area contributed by atoms with Crippen LogP contribution >= 0.6 is 0 Å². The van der Waals surface area contributed by atoms with Gasteiger partial charge in [-0.3, -0.25) is 4.57 Å². The van der Waals surface area contributed by atoms with E-state index in [1.54, 1.807) is 23.3 Å². The maximum Gasteiger partial charge on any atom is 0.252 e. The molecule has 9 nitrogen and oxygen atoms in total. The van der Waals surface area contributed by atoms with E-state index in [1.807, 2.05) is 0 Å². The first-order chi connectivity index (χ1) is 14.2. The summed E-state index contributed by atoms with van der Waals surface area (Å²) >= 11 is 0. The van der Waals surface area contributed by atoms with E-state index >= 15 is 0 Å². The number of ether oxygens (including phenoxy) is 1. The van der Waals surface area contributed by atoms with Crippen LogP contribution in [0.4, 0.5) is 4.39 Å². The minimum absolute atomic E-state index is 0.0332. The molecule has 2 N–H and O–H groups in total. The van der Waals surface area contributed by atoms with E-state index in [-0.39, 0.29) is 29.5 Å². The topological polar surface area (TPSA) is 111 Å². The zero-order valence-corrected chi connectivity index (χ0v) is 15.5. The summed E-state index contributed by atoms with van der Waals surface area (Å²) in [5.74, 6) is 0.860. The summed E-state index contributed by atoms with van der Waals surface area (Å²) in [6.07, 6.45) is 9.64. The number of hydrogen-bond acceptors (Lipinski definition) is 8. The van der Waals surface area contributed by atoms with E-state index in [0.717, 1.165) is 19.3 Å². The Bertz CT molecular complexity index is 983. The molecule has 2 fully saturated rings. The van der Waals surface area contributed by atoms with Crippen molar-refractivity contribution < 1.29 is 14.2 Å². The number of aromatic nitrogens is 6. The van der Waals surface area contributed by atoms with Gasteiger partial charge < -0.3 is 15.2 Å². The van der Waals surface area contributed by atoms with Gasteiger partial charge in [-0.1, -0.05) is 6.42 Å². The van der Waals surface area contributed by atoms with Gasteiger partial charge in [0.05, 0.1) is 11.8 Å². The van der Waals surface area contributed by atoms with Crippen LogP contribution in [0.2, 0.25) is 0 Å². The first kappa shape index (κ1) is 17.9. The molecule has 5 heterocycles. The molecular weight excluding hydrogens is 377 g/mol. The highest BCUT2D eigenvalue weighted by molar-refractivity contribution is 5.63. The number of imidazole rings is 1. The summed E-state index contributed by atoms with van der Waals surface area (Å²) in [5.41, 5.74) is 0.340. The number of fused-ring (bicyclic) bond motifs is 2. The van der Waals surface area contributed by atoms with Crippen LogP contribution in [0.1, 0.15) is 25.7 Å². The second-order valence-corrected chi connectivity index (χ2v) is 7.39. The molecule has 29 heavy (non-hydrogen) atoms. The molecule has 0 spiro atoms. The molecule has 3 aromatic rings. The van der Waals surface area contributed by atoms with Crippen LogP contribution in [-0.2, 0) is 0 Å². The third kappa shape index (κ3) is 3.51. The molecule has 2 bridgehead atoms. The molecule has 3 aromatic heterocycles. The molecule has 2 saturated heterocycles. The molecule has 0 saturated carbocycles. The average molecular weight is 397 g/mol. The van der Waals surface area contributed by atoms with Gasteiger partial charge in [0.15, 0.2) is 12.0 Å². The highest BCUT2D eigenvalue weighted by Crippen LogP contribution is 2.31. The number of nitrogens with zero attached hydrogens (tertiary/aromatic N) is 6. The number of hydrogen-bond donors (Lipinski definition) is 2. The standard InChI is InChI=1S/C19H20FN7O2/c20-18-13-3-1-2-11(24-13)6-15(18)29-17-9-23-19(26-25-17)12-8-22-16(7-14(12)28)27-5-4-21-10-27/h4-5,7-11,13,15,18,24H,1-3,6H2,(H,22,28)/t11?,13?,15-,18-/m1/s1. The Morgan fingerprint density at radius 2 is 2.14 bits per heavy atom. The van der Waals surface area contributed by atoms with Crippen molar-refractivity contribution in [2.45, 2.75) is 50.0 Å². The van der Waals surface area contributed by atoms with Crippen LogP contribution in [0, 0.1) is 0 Å². The lowest BCUT2D eigenvalue weighted by Gasteiger charge is -2.42. The number of piperidine rings is 2. The van der Waals surface area contributed by atoms with Gasteiger partial charge in [0.1, 0.15) is 24.0 Å². The van der Waals surface area contributed by atoms with Gasteiger partial charge in [-0.2, -0.15) is 0 Å². The van der Waals surface area contributed by atoms with E-state index in [1.165, 1.54) is 18.5 Å². The maximum absolute atomic E-state index is 14.7. The summed E-state index contributed by atoms with van der Waals surface area (Å²) in [6, 6.07) is 1.61. The van der Waals surface area contributed by atoms with Crippen molar-refractivity contribution in [3.63, 3.8) is 0 Å². The Hall–Kier alpha value is -3.14. The quantitative estimate of drug-likeness (QED) is 0.686. The van der Waals surface area contributed by atoms with Crippen LogP contribution in [0.15, 0.2) is 37.2 Å². The zero-order chi connectivity index (χ0) is 19.8. The Labute approximate surface area is 166 Å². The van der Waals surface area contributed by atoms with Crippen molar-refractivity contribution in [1.29, 1.82) is 0 Å². The lowest BCUT2D eigenvalue weighted by molar-refractivity contribution is 0.00628. The van der Waals surface area contributed by atoms with Crippen LogP contribution in [0.5, 0.6) is 11.6 Å².